The number of halogens is 1. The van der Waals surface area contributed by atoms with Gasteiger partial charge in [-0.25, -0.2) is 8.42 Å². The zero-order chi connectivity index (χ0) is 9.45. The minimum absolute atomic E-state index is 0.969. The van der Waals surface area contributed by atoms with Crippen molar-refractivity contribution in [1.82, 2.24) is 0 Å². The highest BCUT2D eigenvalue weighted by molar-refractivity contribution is 8.16. The Kier molecular flexibility index (Phi) is 6.11. The van der Waals surface area contributed by atoms with Crippen LogP contribution < -0.4 is 0 Å². The van der Waals surface area contributed by atoms with E-state index in [1.165, 1.54) is 6.08 Å². The van der Waals surface area contributed by atoms with E-state index in [1.807, 2.05) is 6.08 Å². The monoisotopic (exact) mass is 208 g/mol. The molecule has 0 bridgehead atoms. The van der Waals surface area contributed by atoms with E-state index in [2.05, 4.69) is 6.92 Å². The first kappa shape index (κ1) is 11.7. The summed E-state index contributed by atoms with van der Waals surface area (Å²) >= 11 is 0. The van der Waals surface area contributed by atoms with Crippen LogP contribution in [0.5, 0.6) is 0 Å². The second-order valence-corrected chi connectivity index (χ2v) is 4.89. The zero-order valence-corrected chi connectivity index (χ0v) is 8.61. The van der Waals surface area contributed by atoms with Gasteiger partial charge in [-0.3, -0.25) is 0 Å². The average molecular weight is 209 g/mol. The number of unbranched alkanes of at least 4 members (excludes halogenated alkanes) is 2. The molecule has 0 N–H and O–H groups in total. The lowest BCUT2D eigenvalue weighted by molar-refractivity contribution is 0.617. The third-order valence-corrected chi connectivity index (χ3v) is 2.00. The van der Waals surface area contributed by atoms with Crippen molar-refractivity contribution in [3.05, 3.63) is 23.6 Å². The smallest absolute Gasteiger partial charge is 0.208 e. The molecule has 70 valence electrons. The summed E-state index contributed by atoms with van der Waals surface area (Å²) in [7, 11) is 1.45. The van der Waals surface area contributed by atoms with Gasteiger partial charge in [0, 0.05) is 16.1 Å². The Balaban J connectivity index is 3.68. The molecule has 12 heavy (non-hydrogen) atoms. The van der Waals surface area contributed by atoms with Crippen LogP contribution in [-0.2, 0) is 9.05 Å². The first-order chi connectivity index (χ1) is 5.56. The van der Waals surface area contributed by atoms with E-state index in [1.54, 1.807) is 6.08 Å². The lowest BCUT2D eigenvalue weighted by atomic mass is 10.2. The second-order valence-electron chi connectivity index (χ2n) is 2.37. The van der Waals surface area contributed by atoms with Crippen LogP contribution in [0.2, 0.25) is 0 Å². The molecule has 0 aliphatic carbocycles. The van der Waals surface area contributed by atoms with Gasteiger partial charge >= 0.3 is 0 Å². The first-order valence-corrected chi connectivity index (χ1v) is 6.21. The molecule has 0 heterocycles. The third-order valence-electron chi connectivity index (χ3n) is 1.21. The largest absolute Gasteiger partial charge is 0.254 e. The predicted octanol–water partition coefficient (Wildman–Crippen LogP) is 2.82. The van der Waals surface area contributed by atoms with Gasteiger partial charge in [0.2, 0.25) is 0 Å². The number of rotatable bonds is 5. The molecule has 0 radical (unpaired) electrons. The summed E-state index contributed by atoms with van der Waals surface area (Å²) < 4.78 is 20.7. The van der Waals surface area contributed by atoms with E-state index < -0.39 is 9.05 Å². The lowest BCUT2D eigenvalue weighted by Gasteiger charge is -1.85. The molecule has 0 spiro atoms. The summed E-state index contributed by atoms with van der Waals surface area (Å²) in [6.45, 7) is 2.10. The van der Waals surface area contributed by atoms with Crippen LogP contribution in [0.1, 0.15) is 26.2 Å². The van der Waals surface area contributed by atoms with Crippen LogP contribution in [0.25, 0.3) is 0 Å². The standard InChI is InChI=1S/C8H13ClO2S/c1-2-3-4-5-6-7-8-12(9,10)11/h5-8H,2-4H2,1H3/b6-5+,8-7-. The molecule has 0 aromatic heterocycles. The maximum absolute atomic E-state index is 10.4. The van der Waals surface area contributed by atoms with Crippen molar-refractivity contribution in [3.8, 4) is 0 Å². The molecule has 0 aromatic rings. The minimum Gasteiger partial charge on any atom is -0.208 e. The molecule has 0 rings (SSSR count). The molecule has 0 amide bonds. The average Bonchev–Trinajstić information content (AvgIpc) is 1.94. The van der Waals surface area contributed by atoms with Gasteiger partial charge < -0.3 is 0 Å². The summed E-state index contributed by atoms with van der Waals surface area (Å²) in [5, 5.41) is 0.969. The highest BCUT2D eigenvalue weighted by Crippen LogP contribution is 1.99. The summed E-state index contributed by atoms with van der Waals surface area (Å²) in [6.07, 6.45) is 8.28. The first-order valence-electron chi connectivity index (χ1n) is 3.84. The van der Waals surface area contributed by atoms with Crippen LogP contribution in [0, 0.1) is 0 Å². The molecule has 0 aliphatic rings. The van der Waals surface area contributed by atoms with E-state index in [4.69, 9.17) is 10.7 Å². The molecule has 2 nitrogen and oxygen atoms in total. The molecular weight excluding hydrogens is 196 g/mol. The van der Waals surface area contributed by atoms with Gasteiger partial charge in [0.15, 0.2) is 0 Å². The zero-order valence-electron chi connectivity index (χ0n) is 7.03. The van der Waals surface area contributed by atoms with E-state index in [0.717, 1.165) is 24.7 Å². The maximum atomic E-state index is 10.4. The van der Waals surface area contributed by atoms with Crippen molar-refractivity contribution in [1.29, 1.82) is 0 Å². The summed E-state index contributed by atoms with van der Waals surface area (Å²) in [6, 6.07) is 0. The summed E-state index contributed by atoms with van der Waals surface area (Å²) in [5.74, 6) is 0. The third kappa shape index (κ3) is 9.72. The van der Waals surface area contributed by atoms with Gasteiger partial charge in [0.05, 0.1) is 0 Å². The van der Waals surface area contributed by atoms with Gasteiger partial charge in [-0.05, 0) is 12.5 Å². The van der Waals surface area contributed by atoms with Gasteiger partial charge in [-0.2, -0.15) is 0 Å². The van der Waals surface area contributed by atoms with Crippen LogP contribution in [0.3, 0.4) is 0 Å². The fraction of sp³-hybridized carbons (Fsp3) is 0.500. The second kappa shape index (κ2) is 6.26. The summed E-state index contributed by atoms with van der Waals surface area (Å²) in [4.78, 5) is 0. The lowest BCUT2D eigenvalue weighted by Crippen LogP contribution is -1.77. The van der Waals surface area contributed by atoms with Crippen LogP contribution in [0.4, 0.5) is 0 Å². The Bertz CT molecular complexity index is 252. The molecular formula is C8H13ClO2S. The van der Waals surface area contributed by atoms with Crippen molar-refractivity contribution >= 4 is 19.7 Å². The normalized spacial score (nSPS) is 13.2. The fourth-order valence-corrected chi connectivity index (χ4v) is 1.09. The van der Waals surface area contributed by atoms with Crippen LogP contribution >= 0.6 is 10.7 Å². The number of hydrogen-bond acceptors (Lipinski definition) is 2. The SMILES string of the molecule is CCCC/C=C/C=C\S(=O)(=O)Cl. The topological polar surface area (TPSA) is 34.1 Å². The van der Waals surface area contributed by atoms with Gasteiger partial charge in [-0.15, -0.1) is 0 Å². The molecule has 4 heteroatoms. The molecule has 0 aliphatic heterocycles. The van der Waals surface area contributed by atoms with Crippen molar-refractivity contribution in [2.75, 3.05) is 0 Å². The summed E-state index contributed by atoms with van der Waals surface area (Å²) in [5.41, 5.74) is 0. The van der Waals surface area contributed by atoms with Crippen LogP contribution in [-0.4, -0.2) is 8.42 Å². The Hall–Kier alpha value is -0.280. The van der Waals surface area contributed by atoms with E-state index in [0.29, 0.717) is 0 Å². The molecule has 0 unspecified atom stereocenters. The van der Waals surface area contributed by atoms with Gasteiger partial charge in [0.1, 0.15) is 0 Å². The van der Waals surface area contributed by atoms with Crippen LogP contribution in [0.15, 0.2) is 23.6 Å². The number of hydrogen-bond donors (Lipinski definition) is 0. The van der Waals surface area contributed by atoms with Crippen molar-refractivity contribution in [2.24, 2.45) is 0 Å². The molecule has 0 atom stereocenters. The van der Waals surface area contributed by atoms with E-state index in [9.17, 15) is 8.42 Å². The van der Waals surface area contributed by atoms with Crippen molar-refractivity contribution in [3.63, 3.8) is 0 Å². The quantitative estimate of drug-likeness (QED) is 0.396. The Morgan fingerprint density at radius 1 is 1.33 bits per heavy atom. The van der Waals surface area contributed by atoms with Crippen molar-refractivity contribution in [2.45, 2.75) is 26.2 Å². The molecule has 0 aromatic carbocycles. The highest BCUT2D eigenvalue weighted by Gasteiger charge is 1.92. The van der Waals surface area contributed by atoms with Gasteiger partial charge in [-0.1, -0.05) is 31.9 Å². The molecule has 0 saturated heterocycles. The molecule has 0 saturated carbocycles. The van der Waals surface area contributed by atoms with E-state index >= 15 is 0 Å². The van der Waals surface area contributed by atoms with E-state index in [-0.39, 0.29) is 0 Å². The predicted molar refractivity (Wildman–Crippen MR) is 52.6 cm³/mol. The van der Waals surface area contributed by atoms with Crippen molar-refractivity contribution < 1.29 is 8.42 Å². The Labute approximate surface area is 78.3 Å². The number of allylic oxidation sites excluding steroid dienone is 3. The maximum Gasteiger partial charge on any atom is 0.254 e. The minimum atomic E-state index is -3.48. The fourth-order valence-electron chi connectivity index (χ4n) is 0.636. The Morgan fingerprint density at radius 3 is 2.50 bits per heavy atom. The molecule has 0 fully saturated rings. The Morgan fingerprint density at radius 2 is 2.00 bits per heavy atom. The highest BCUT2D eigenvalue weighted by atomic mass is 35.7. The van der Waals surface area contributed by atoms with Gasteiger partial charge in [0.25, 0.3) is 9.05 Å².